The lowest BCUT2D eigenvalue weighted by Gasteiger charge is -1.89. The Bertz CT molecular complexity index is 279. The lowest BCUT2D eigenvalue weighted by Crippen LogP contribution is -2.12. The van der Waals surface area contributed by atoms with Gasteiger partial charge in [0, 0.05) is 6.20 Å². The van der Waals surface area contributed by atoms with Gasteiger partial charge in [-0.1, -0.05) is 0 Å². The molecule has 1 aromatic heterocycles. The second-order valence-corrected chi connectivity index (χ2v) is 1.95. The minimum absolute atomic E-state index is 0.146. The van der Waals surface area contributed by atoms with Crippen LogP contribution in [0.25, 0.3) is 0 Å². The summed E-state index contributed by atoms with van der Waals surface area (Å²) in [5.74, 6) is -0.588. The van der Waals surface area contributed by atoms with Crippen LogP contribution in [-0.2, 0) is 11.3 Å². The first-order valence-electron chi connectivity index (χ1n) is 3.01. The van der Waals surface area contributed by atoms with E-state index in [2.05, 4.69) is 5.10 Å². The zero-order valence-electron chi connectivity index (χ0n) is 5.73. The largest absolute Gasteiger partial charge is 0.364 e. The number of hydrogen-bond donors (Lipinski definition) is 1. The van der Waals surface area contributed by atoms with Crippen molar-refractivity contribution >= 4 is 12.2 Å². The highest BCUT2D eigenvalue weighted by Crippen LogP contribution is 1.92. The highest BCUT2D eigenvalue weighted by atomic mass is 16.1. The summed E-state index contributed by atoms with van der Waals surface area (Å²) in [6.45, 7) is 0.146. The van der Waals surface area contributed by atoms with Gasteiger partial charge >= 0.3 is 0 Å². The lowest BCUT2D eigenvalue weighted by atomic mass is 10.4. The molecule has 0 saturated heterocycles. The van der Waals surface area contributed by atoms with Crippen LogP contribution in [0.3, 0.4) is 0 Å². The summed E-state index contributed by atoms with van der Waals surface area (Å²) in [4.78, 5) is 20.5. The van der Waals surface area contributed by atoms with Gasteiger partial charge in [-0.2, -0.15) is 5.10 Å². The summed E-state index contributed by atoms with van der Waals surface area (Å²) in [7, 11) is 0. The van der Waals surface area contributed by atoms with Crippen molar-refractivity contribution < 1.29 is 9.59 Å². The number of aromatic nitrogens is 2. The summed E-state index contributed by atoms with van der Waals surface area (Å²) in [6, 6.07) is 1.46. The third-order valence-electron chi connectivity index (χ3n) is 1.15. The Balaban J connectivity index is 2.81. The lowest BCUT2D eigenvalue weighted by molar-refractivity contribution is -0.108. The number of primary amides is 1. The number of rotatable bonds is 3. The Morgan fingerprint density at radius 1 is 1.82 bits per heavy atom. The number of amides is 1. The quantitative estimate of drug-likeness (QED) is 0.576. The van der Waals surface area contributed by atoms with E-state index in [-0.39, 0.29) is 12.2 Å². The molecule has 0 radical (unpaired) electrons. The van der Waals surface area contributed by atoms with Gasteiger partial charge in [-0.25, -0.2) is 0 Å². The topological polar surface area (TPSA) is 78.0 Å². The number of carbonyl (C=O) groups excluding carboxylic acids is 2. The van der Waals surface area contributed by atoms with Crippen LogP contribution >= 0.6 is 0 Å². The van der Waals surface area contributed by atoms with Crippen molar-refractivity contribution in [2.45, 2.75) is 6.54 Å². The van der Waals surface area contributed by atoms with Crippen LogP contribution < -0.4 is 5.73 Å². The van der Waals surface area contributed by atoms with E-state index in [0.717, 1.165) is 0 Å². The first kappa shape index (κ1) is 7.46. The summed E-state index contributed by atoms with van der Waals surface area (Å²) in [6.07, 6.45) is 2.21. The Morgan fingerprint density at radius 2 is 2.55 bits per heavy atom. The molecule has 1 aromatic rings. The van der Waals surface area contributed by atoms with Crippen molar-refractivity contribution in [3.8, 4) is 0 Å². The van der Waals surface area contributed by atoms with E-state index in [9.17, 15) is 9.59 Å². The molecule has 0 saturated carbocycles. The maximum Gasteiger partial charge on any atom is 0.269 e. The monoisotopic (exact) mass is 153 g/mol. The van der Waals surface area contributed by atoms with Gasteiger partial charge in [-0.3, -0.25) is 9.48 Å². The summed E-state index contributed by atoms with van der Waals surface area (Å²) >= 11 is 0. The Kier molecular flexibility index (Phi) is 2.00. The molecule has 5 nitrogen and oxygen atoms in total. The van der Waals surface area contributed by atoms with Gasteiger partial charge < -0.3 is 10.5 Å². The van der Waals surface area contributed by atoms with Crippen LogP contribution in [0.5, 0.6) is 0 Å². The van der Waals surface area contributed by atoms with Gasteiger partial charge in [0.1, 0.15) is 12.0 Å². The molecule has 0 atom stereocenters. The molecule has 0 aliphatic heterocycles. The second kappa shape index (κ2) is 2.96. The summed E-state index contributed by atoms with van der Waals surface area (Å²) in [5, 5.41) is 3.71. The van der Waals surface area contributed by atoms with Crippen LogP contribution in [0.2, 0.25) is 0 Å². The zero-order chi connectivity index (χ0) is 8.27. The van der Waals surface area contributed by atoms with Crippen molar-refractivity contribution in [2.75, 3.05) is 0 Å². The van der Waals surface area contributed by atoms with Crippen LogP contribution in [0, 0.1) is 0 Å². The van der Waals surface area contributed by atoms with E-state index in [1.807, 2.05) is 0 Å². The van der Waals surface area contributed by atoms with E-state index in [1.165, 1.54) is 16.9 Å². The molecule has 0 unspecified atom stereocenters. The van der Waals surface area contributed by atoms with Crippen LogP contribution in [0.4, 0.5) is 0 Å². The fourth-order valence-electron chi connectivity index (χ4n) is 0.671. The van der Waals surface area contributed by atoms with E-state index in [1.54, 1.807) is 0 Å². The molecule has 0 fully saturated rings. The van der Waals surface area contributed by atoms with E-state index in [4.69, 9.17) is 5.73 Å². The van der Waals surface area contributed by atoms with Gasteiger partial charge in [0.2, 0.25) is 0 Å². The molecule has 0 aliphatic rings. The molecule has 1 rings (SSSR count). The minimum Gasteiger partial charge on any atom is -0.364 e. The van der Waals surface area contributed by atoms with Crippen molar-refractivity contribution in [1.29, 1.82) is 0 Å². The van der Waals surface area contributed by atoms with Gasteiger partial charge in [-0.15, -0.1) is 0 Å². The molecule has 58 valence electrons. The van der Waals surface area contributed by atoms with Crippen molar-refractivity contribution in [3.63, 3.8) is 0 Å². The molecular weight excluding hydrogens is 146 g/mol. The predicted molar refractivity (Wildman–Crippen MR) is 36.8 cm³/mol. The van der Waals surface area contributed by atoms with Crippen LogP contribution in [-0.4, -0.2) is 22.0 Å². The van der Waals surface area contributed by atoms with E-state index >= 15 is 0 Å². The van der Waals surface area contributed by atoms with E-state index < -0.39 is 5.91 Å². The Hall–Kier alpha value is -1.65. The molecule has 2 N–H and O–H groups in total. The van der Waals surface area contributed by atoms with Crippen molar-refractivity contribution in [2.24, 2.45) is 5.73 Å². The highest BCUT2D eigenvalue weighted by Gasteiger charge is 2.02. The number of aldehydes is 1. The highest BCUT2D eigenvalue weighted by molar-refractivity contribution is 5.90. The van der Waals surface area contributed by atoms with Crippen LogP contribution in [0.15, 0.2) is 12.3 Å². The fraction of sp³-hybridized carbons (Fsp3) is 0.167. The van der Waals surface area contributed by atoms with Gasteiger partial charge in [0.15, 0.2) is 0 Å². The van der Waals surface area contributed by atoms with Crippen molar-refractivity contribution in [1.82, 2.24) is 9.78 Å². The standard InChI is InChI=1S/C6H7N3O2/c7-6(11)5-1-2-9(8-5)3-4-10/h1-2,4H,3H2,(H2,7,11). The number of hydrogen-bond acceptors (Lipinski definition) is 3. The first-order valence-corrected chi connectivity index (χ1v) is 3.01. The summed E-state index contributed by atoms with van der Waals surface area (Å²) in [5.41, 5.74) is 5.09. The fourth-order valence-corrected chi connectivity index (χ4v) is 0.671. The number of nitrogens with zero attached hydrogens (tertiary/aromatic N) is 2. The maximum atomic E-state index is 10.5. The van der Waals surface area contributed by atoms with Gasteiger partial charge in [0.25, 0.3) is 5.91 Å². The van der Waals surface area contributed by atoms with Gasteiger partial charge in [0.05, 0.1) is 6.54 Å². The SMILES string of the molecule is NC(=O)c1ccn(CC=O)n1. The van der Waals surface area contributed by atoms with Gasteiger partial charge in [-0.05, 0) is 6.07 Å². The minimum atomic E-state index is -0.588. The molecule has 11 heavy (non-hydrogen) atoms. The van der Waals surface area contributed by atoms with Crippen LogP contribution in [0.1, 0.15) is 10.5 Å². The maximum absolute atomic E-state index is 10.5. The zero-order valence-corrected chi connectivity index (χ0v) is 5.73. The third-order valence-corrected chi connectivity index (χ3v) is 1.15. The molecule has 5 heteroatoms. The third kappa shape index (κ3) is 1.64. The molecule has 1 heterocycles. The molecule has 0 spiro atoms. The smallest absolute Gasteiger partial charge is 0.269 e. The Morgan fingerprint density at radius 3 is 3.00 bits per heavy atom. The van der Waals surface area contributed by atoms with E-state index in [0.29, 0.717) is 6.29 Å². The molecule has 1 amide bonds. The molecular formula is C6H7N3O2. The average Bonchev–Trinajstić information content (AvgIpc) is 2.37. The normalized spacial score (nSPS) is 9.45. The number of carbonyl (C=O) groups is 2. The average molecular weight is 153 g/mol. The first-order chi connectivity index (χ1) is 5.24. The predicted octanol–water partition coefficient (Wildman–Crippen LogP) is -0.819. The van der Waals surface area contributed by atoms with Crippen molar-refractivity contribution in [3.05, 3.63) is 18.0 Å². The second-order valence-electron chi connectivity index (χ2n) is 1.95. The number of nitrogens with two attached hydrogens (primary N) is 1. The molecule has 0 bridgehead atoms. The Labute approximate surface area is 62.8 Å². The summed E-state index contributed by atoms with van der Waals surface area (Å²) < 4.78 is 1.34. The molecule has 0 aliphatic carbocycles. The molecule has 0 aromatic carbocycles.